The third kappa shape index (κ3) is 4.17. The van der Waals surface area contributed by atoms with Crippen LogP contribution in [0.4, 0.5) is 0 Å². The van der Waals surface area contributed by atoms with E-state index >= 15 is 0 Å². The number of nitrogens with one attached hydrogen (secondary N) is 1. The number of likely N-dealkylation sites (tertiary alicyclic amines) is 2. The van der Waals surface area contributed by atoms with Gasteiger partial charge in [-0.05, 0) is 64.7 Å². The maximum Gasteiger partial charge on any atom is 0.0221 e. The minimum atomic E-state index is 0.675. The highest BCUT2D eigenvalue weighted by molar-refractivity contribution is 4.84. The van der Waals surface area contributed by atoms with Crippen LogP contribution in [-0.4, -0.2) is 61.2 Å². The molecular formula is C16H33N3. The molecule has 19 heavy (non-hydrogen) atoms. The summed E-state index contributed by atoms with van der Waals surface area (Å²) in [6.45, 7) is 14.5. The van der Waals surface area contributed by atoms with Crippen LogP contribution in [0.3, 0.4) is 0 Å². The zero-order valence-electron chi connectivity index (χ0n) is 13.2. The molecule has 0 bridgehead atoms. The van der Waals surface area contributed by atoms with Crippen LogP contribution in [0.25, 0.3) is 0 Å². The summed E-state index contributed by atoms with van der Waals surface area (Å²) in [7, 11) is 0. The van der Waals surface area contributed by atoms with Gasteiger partial charge in [0.15, 0.2) is 0 Å². The summed E-state index contributed by atoms with van der Waals surface area (Å²) >= 11 is 0. The zero-order valence-corrected chi connectivity index (χ0v) is 13.2. The van der Waals surface area contributed by atoms with Gasteiger partial charge in [0, 0.05) is 25.2 Å². The molecule has 3 unspecified atom stereocenters. The predicted molar refractivity (Wildman–Crippen MR) is 82.6 cm³/mol. The Morgan fingerprint density at radius 3 is 2.63 bits per heavy atom. The number of rotatable bonds is 6. The van der Waals surface area contributed by atoms with E-state index in [1.807, 2.05) is 0 Å². The Bertz CT molecular complexity index is 256. The number of hydrogen-bond donors (Lipinski definition) is 1. The standard InChI is InChI=1S/C16H33N3/c1-4-18-10-6-8-15(13-18)14(3)17-12-16-9-7-11-19(16)5-2/h14-17H,4-13H2,1-3H3. The van der Waals surface area contributed by atoms with E-state index in [9.17, 15) is 0 Å². The fraction of sp³-hybridized carbons (Fsp3) is 1.00. The lowest BCUT2D eigenvalue weighted by molar-refractivity contribution is 0.152. The van der Waals surface area contributed by atoms with Crippen molar-refractivity contribution in [1.29, 1.82) is 0 Å². The van der Waals surface area contributed by atoms with E-state index in [-0.39, 0.29) is 0 Å². The van der Waals surface area contributed by atoms with Crippen molar-refractivity contribution in [2.75, 3.05) is 39.3 Å². The van der Waals surface area contributed by atoms with E-state index in [0.717, 1.165) is 12.0 Å². The van der Waals surface area contributed by atoms with Gasteiger partial charge in [-0.1, -0.05) is 13.8 Å². The molecule has 112 valence electrons. The quantitative estimate of drug-likeness (QED) is 0.796. The smallest absolute Gasteiger partial charge is 0.0221 e. The summed E-state index contributed by atoms with van der Waals surface area (Å²) in [4.78, 5) is 5.25. The molecule has 0 aromatic rings. The lowest BCUT2D eigenvalue weighted by atomic mass is 9.91. The molecular weight excluding hydrogens is 234 g/mol. The van der Waals surface area contributed by atoms with Crippen LogP contribution >= 0.6 is 0 Å². The van der Waals surface area contributed by atoms with E-state index < -0.39 is 0 Å². The van der Waals surface area contributed by atoms with Crippen molar-refractivity contribution >= 4 is 0 Å². The molecule has 0 radical (unpaired) electrons. The molecule has 0 aliphatic carbocycles. The molecule has 0 amide bonds. The van der Waals surface area contributed by atoms with Crippen LogP contribution in [0.5, 0.6) is 0 Å². The highest BCUT2D eigenvalue weighted by Gasteiger charge is 2.26. The number of hydrogen-bond acceptors (Lipinski definition) is 3. The van der Waals surface area contributed by atoms with Crippen LogP contribution in [0.1, 0.15) is 46.5 Å². The van der Waals surface area contributed by atoms with Gasteiger partial charge in [0.05, 0.1) is 0 Å². The van der Waals surface area contributed by atoms with Crippen molar-refractivity contribution in [1.82, 2.24) is 15.1 Å². The maximum absolute atomic E-state index is 3.83. The average molecular weight is 267 g/mol. The Balaban J connectivity index is 1.72. The summed E-state index contributed by atoms with van der Waals surface area (Å²) in [5.74, 6) is 0.852. The summed E-state index contributed by atoms with van der Waals surface area (Å²) in [5.41, 5.74) is 0. The molecule has 2 aliphatic rings. The summed E-state index contributed by atoms with van der Waals surface area (Å²) in [6.07, 6.45) is 5.57. The topological polar surface area (TPSA) is 18.5 Å². The van der Waals surface area contributed by atoms with E-state index in [4.69, 9.17) is 0 Å². The Morgan fingerprint density at radius 1 is 1.11 bits per heavy atom. The van der Waals surface area contributed by atoms with Crippen molar-refractivity contribution in [3.8, 4) is 0 Å². The van der Waals surface area contributed by atoms with Crippen molar-refractivity contribution in [3.63, 3.8) is 0 Å². The molecule has 2 saturated heterocycles. The maximum atomic E-state index is 3.83. The Labute approximate surface area is 119 Å². The fourth-order valence-corrected chi connectivity index (χ4v) is 3.82. The van der Waals surface area contributed by atoms with E-state index in [1.54, 1.807) is 0 Å². The van der Waals surface area contributed by atoms with Crippen LogP contribution in [0.2, 0.25) is 0 Å². The Morgan fingerprint density at radius 2 is 1.89 bits per heavy atom. The molecule has 2 aliphatic heterocycles. The van der Waals surface area contributed by atoms with Crippen molar-refractivity contribution in [3.05, 3.63) is 0 Å². The van der Waals surface area contributed by atoms with Gasteiger partial charge in [-0.25, -0.2) is 0 Å². The Hall–Kier alpha value is -0.120. The van der Waals surface area contributed by atoms with Gasteiger partial charge >= 0.3 is 0 Å². The highest BCUT2D eigenvalue weighted by atomic mass is 15.2. The Kier molecular flexibility index (Phi) is 6.11. The van der Waals surface area contributed by atoms with E-state index in [2.05, 4.69) is 35.9 Å². The minimum absolute atomic E-state index is 0.675. The molecule has 0 aromatic heterocycles. The average Bonchev–Trinajstić information content (AvgIpc) is 2.92. The van der Waals surface area contributed by atoms with Crippen LogP contribution < -0.4 is 5.32 Å². The number of likely N-dealkylation sites (N-methyl/N-ethyl adjacent to an activating group) is 1. The van der Waals surface area contributed by atoms with Gasteiger partial charge < -0.3 is 10.2 Å². The number of piperidine rings is 1. The lowest BCUT2D eigenvalue weighted by Gasteiger charge is -2.36. The van der Waals surface area contributed by atoms with E-state index in [0.29, 0.717) is 6.04 Å². The van der Waals surface area contributed by atoms with Crippen LogP contribution in [0, 0.1) is 5.92 Å². The molecule has 2 heterocycles. The summed E-state index contributed by atoms with van der Waals surface area (Å²) < 4.78 is 0. The molecule has 1 N–H and O–H groups in total. The van der Waals surface area contributed by atoms with Crippen molar-refractivity contribution < 1.29 is 0 Å². The molecule has 2 fully saturated rings. The second-order valence-electron chi connectivity index (χ2n) is 6.42. The fourth-order valence-electron chi connectivity index (χ4n) is 3.82. The first kappa shape index (κ1) is 15.3. The molecule has 3 nitrogen and oxygen atoms in total. The first-order chi connectivity index (χ1) is 9.24. The SMILES string of the molecule is CCN1CCCC(C(C)NCC2CCCN2CC)C1. The van der Waals surface area contributed by atoms with Crippen LogP contribution in [0.15, 0.2) is 0 Å². The highest BCUT2D eigenvalue weighted by Crippen LogP contribution is 2.20. The zero-order chi connectivity index (χ0) is 13.7. The normalized spacial score (nSPS) is 31.7. The van der Waals surface area contributed by atoms with Gasteiger partial charge in [0.2, 0.25) is 0 Å². The van der Waals surface area contributed by atoms with Gasteiger partial charge in [0.25, 0.3) is 0 Å². The summed E-state index contributed by atoms with van der Waals surface area (Å²) in [5, 5.41) is 3.83. The van der Waals surface area contributed by atoms with Crippen molar-refractivity contribution in [2.24, 2.45) is 5.92 Å². The van der Waals surface area contributed by atoms with Crippen LogP contribution in [-0.2, 0) is 0 Å². The third-order valence-corrected chi connectivity index (χ3v) is 5.28. The second-order valence-corrected chi connectivity index (χ2v) is 6.42. The monoisotopic (exact) mass is 267 g/mol. The first-order valence-electron chi connectivity index (χ1n) is 8.44. The largest absolute Gasteiger partial charge is 0.312 e. The molecule has 0 saturated carbocycles. The molecule has 3 atom stereocenters. The van der Waals surface area contributed by atoms with E-state index in [1.165, 1.54) is 65.0 Å². The van der Waals surface area contributed by atoms with Gasteiger partial charge in [-0.15, -0.1) is 0 Å². The number of nitrogens with zero attached hydrogens (tertiary/aromatic N) is 2. The third-order valence-electron chi connectivity index (χ3n) is 5.28. The van der Waals surface area contributed by atoms with Crippen molar-refractivity contribution in [2.45, 2.75) is 58.5 Å². The first-order valence-corrected chi connectivity index (χ1v) is 8.44. The summed E-state index contributed by atoms with van der Waals surface area (Å²) in [6, 6.07) is 1.46. The molecule has 0 aromatic carbocycles. The molecule has 2 rings (SSSR count). The van der Waals surface area contributed by atoms with Gasteiger partial charge in [0.1, 0.15) is 0 Å². The second kappa shape index (κ2) is 7.61. The lowest BCUT2D eigenvalue weighted by Crippen LogP contribution is -2.47. The minimum Gasteiger partial charge on any atom is -0.312 e. The molecule has 0 spiro atoms. The predicted octanol–water partition coefficient (Wildman–Crippen LogP) is 2.18. The molecule has 3 heteroatoms. The van der Waals surface area contributed by atoms with Gasteiger partial charge in [-0.2, -0.15) is 0 Å². The van der Waals surface area contributed by atoms with Gasteiger partial charge in [-0.3, -0.25) is 4.90 Å².